The van der Waals surface area contributed by atoms with E-state index in [0.29, 0.717) is 12.5 Å². The normalized spacial score (nSPS) is 22.9. The van der Waals surface area contributed by atoms with Gasteiger partial charge in [-0.3, -0.25) is 4.79 Å². The summed E-state index contributed by atoms with van der Waals surface area (Å²) < 4.78 is 26.2. The quantitative estimate of drug-likeness (QED) is 0.701. The van der Waals surface area contributed by atoms with Crippen LogP contribution in [0.15, 0.2) is 21.7 Å². The van der Waals surface area contributed by atoms with Gasteiger partial charge in [-0.25, -0.2) is 13.1 Å². The van der Waals surface area contributed by atoms with Crippen LogP contribution in [-0.2, 0) is 14.8 Å². The first-order chi connectivity index (χ1) is 9.53. The van der Waals surface area contributed by atoms with E-state index in [-0.39, 0.29) is 22.7 Å². The molecule has 2 atom stereocenters. The van der Waals surface area contributed by atoms with Gasteiger partial charge in [0.05, 0.1) is 6.54 Å². The number of hydrogen-bond acceptors (Lipinski definition) is 5. The molecule has 1 amide bonds. The van der Waals surface area contributed by atoms with E-state index in [1.54, 1.807) is 11.4 Å². The molecule has 1 fully saturated rings. The highest BCUT2D eigenvalue weighted by atomic mass is 32.2. The molecule has 112 valence electrons. The zero-order valence-electron chi connectivity index (χ0n) is 11.0. The maximum Gasteiger partial charge on any atom is 0.250 e. The number of amides is 1. The van der Waals surface area contributed by atoms with E-state index < -0.39 is 10.0 Å². The van der Waals surface area contributed by atoms with Gasteiger partial charge in [-0.1, -0.05) is 12.5 Å². The first-order valence-corrected chi connectivity index (χ1v) is 8.92. The third-order valence-corrected chi connectivity index (χ3v) is 6.29. The molecule has 1 heterocycles. The second-order valence-corrected chi connectivity index (χ2v) is 7.80. The van der Waals surface area contributed by atoms with Crippen molar-refractivity contribution in [1.82, 2.24) is 10.0 Å². The maximum absolute atomic E-state index is 11.9. The number of carbonyl (C=O) groups is 1. The van der Waals surface area contributed by atoms with Crippen LogP contribution in [0, 0.1) is 5.92 Å². The summed E-state index contributed by atoms with van der Waals surface area (Å²) in [6.07, 6.45) is 2.97. The third kappa shape index (κ3) is 3.78. The molecule has 1 aliphatic rings. The molecule has 1 aromatic heterocycles. The van der Waals surface area contributed by atoms with E-state index in [2.05, 4.69) is 10.0 Å². The molecule has 2 unspecified atom stereocenters. The highest BCUT2D eigenvalue weighted by molar-refractivity contribution is 7.91. The standard InChI is InChI=1S/C12H19N3O3S2/c13-7-9-3-1-4-10(9)15-11(16)8-14-20(17,18)12-5-2-6-19-12/h2,5-6,9-10,14H,1,3-4,7-8,13H2,(H,15,16). The molecule has 0 bridgehead atoms. The Morgan fingerprint density at radius 1 is 1.45 bits per heavy atom. The Kier molecular flexibility index (Phi) is 5.14. The van der Waals surface area contributed by atoms with Crippen LogP contribution in [0.5, 0.6) is 0 Å². The molecule has 2 rings (SSSR count). The molecule has 1 aromatic rings. The smallest absolute Gasteiger partial charge is 0.250 e. The van der Waals surface area contributed by atoms with Gasteiger partial charge >= 0.3 is 0 Å². The molecule has 0 aliphatic heterocycles. The van der Waals surface area contributed by atoms with Crippen LogP contribution in [0.4, 0.5) is 0 Å². The molecular formula is C12H19N3O3S2. The highest BCUT2D eigenvalue weighted by Gasteiger charge is 2.27. The first-order valence-electron chi connectivity index (χ1n) is 6.55. The van der Waals surface area contributed by atoms with Crippen molar-refractivity contribution < 1.29 is 13.2 Å². The maximum atomic E-state index is 11.9. The number of thiophene rings is 1. The van der Waals surface area contributed by atoms with Gasteiger partial charge in [0, 0.05) is 6.04 Å². The van der Waals surface area contributed by atoms with Crippen molar-refractivity contribution in [2.24, 2.45) is 11.7 Å². The molecule has 1 saturated carbocycles. The molecule has 20 heavy (non-hydrogen) atoms. The summed E-state index contributed by atoms with van der Waals surface area (Å²) in [6, 6.07) is 3.23. The molecule has 0 saturated heterocycles. The number of carbonyl (C=O) groups excluding carboxylic acids is 1. The summed E-state index contributed by atoms with van der Waals surface area (Å²) >= 11 is 1.12. The number of nitrogens with two attached hydrogens (primary N) is 1. The molecule has 6 nitrogen and oxygen atoms in total. The van der Waals surface area contributed by atoms with E-state index in [9.17, 15) is 13.2 Å². The highest BCUT2D eigenvalue weighted by Crippen LogP contribution is 2.24. The topological polar surface area (TPSA) is 101 Å². The van der Waals surface area contributed by atoms with Crippen molar-refractivity contribution in [2.45, 2.75) is 29.5 Å². The number of nitrogens with one attached hydrogen (secondary N) is 2. The largest absolute Gasteiger partial charge is 0.352 e. The van der Waals surface area contributed by atoms with Gasteiger partial charge < -0.3 is 11.1 Å². The average Bonchev–Trinajstić information content (AvgIpc) is 3.07. The first kappa shape index (κ1) is 15.4. The fraction of sp³-hybridized carbons (Fsp3) is 0.583. The molecule has 0 spiro atoms. The lowest BCUT2D eigenvalue weighted by molar-refractivity contribution is -0.120. The lowest BCUT2D eigenvalue weighted by Gasteiger charge is -2.19. The fourth-order valence-corrected chi connectivity index (χ4v) is 4.43. The molecule has 0 aromatic carbocycles. The Morgan fingerprint density at radius 2 is 2.25 bits per heavy atom. The van der Waals surface area contributed by atoms with E-state index in [1.807, 2.05) is 0 Å². The predicted octanol–water partition coefficient (Wildman–Crippen LogP) is 0.270. The summed E-state index contributed by atoms with van der Waals surface area (Å²) in [7, 11) is -3.58. The van der Waals surface area contributed by atoms with Crippen LogP contribution in [0.1, 0.15) is 19.3 Å². The molecule has 1 aliphatic carbocycles. The zero-order chi connectivity index (χ0) is 14.6. The predicted molar refractivity (Wildman–Crippen MR) is 77.8 cm³/mol. The van der Waals surface area contributed by atoms with Crippen LogP contribution in [-0.4, -0.2) is 33.5 Å². The summed E-state index contributed by atoms with van der Waals surface area (Å²) in [5.74, 6) is -0.0108. The minimum Gasteiger partial charge on any atom is -0.352 e. The Hall–Kier alpha value is -0.960. The molecule has 4 N–H and O–H groups in total. The van der Waals surface area contributed by atoms with Crippen molar-refractivity contribution in [3.8, 4) is 0 Å². The second-order valence-electron chi connectivity index (χ2n) is 4.86. The van der Waals surface area contributed by atoms with Crippen LogP contribution in [0.3, 0.4) is 0 Å². The Bertz CT molecular complexity index is 542. The van der Waals surface area contributed by atoms with Gasteiger partial charge in [-0.2, -0.15) is 0 Å². The van der Waals surface area contributed by atoms with Crippen LogP contribution in [0.25, 0.3) is 0 Å². The van der Waals surface area contributed by atoms with Crippen molar-refractivity contribution in [3.05, 3.63) is 17.5 Å². The van der Waals surface area contributed by atoms with E-state index >= 15 is 0 Å². The summed E-state index contributed by atoms with van der Waals surface area (Å²) in [5, 5.41) is 4.53. The van der Waals surface area contributed by atoms with Gasteiger partial charge in [0.15, 0.2) is 0 Å². The Balaban J connectivity index is 1.84. The second kappa shape index (κ2) is 6.66. The SMILES string of the molecule is NCC1CCCC1NC(=O)CNS(=O)(=O)c1cccs1. The molecule has 0 radical (unpaired) electrons. The van der Waals surface area contributed by atoms with Gasteiger partial charge in [0.25, 0.3) is 10.0 Å². The monoisotopic (exact) mass is 317 g/mol. The van der Waals surface area contributed by atoms with E-state index in [4.69, 9.17) is 5.73 Å². The zero-order valence-corrected chi connectivity index (χ0v) is 12.7. The molecular weight excluding hydrogens is 298 g/mol. The number of rotatable bonds is 6. The number of hydrogen-bond donors (Lipinski definition) is 3. The fourth-order valence-electron chi connectivity index (χ4n) is 2.41. The van der Waals surface area contributed by atoms with E-state index in [0.717, 1.165) is 30.6 Å². The minimum absolute atomic E-state index is 0.0683. The molecule has 8 heteroatoms. The van der Waals surface area contributed by atoms with Crippen LogP contribution < -0.4 is 15.8 Å². The Labute approximate surface area is 122 Å². The lowest BCUT2D eigenvalue weighted by Crippen LogP contribution is -2.44. The average molecular weight is 317 g/mol. The third-order valence-electron chi connectivity index (χ3n) is 3.49. The van der Waals surface area contributed by atoms with Gasteiger partial charge in [0.2, 0.25) is 5.91 Å². The van der Waals surface area contributed by atoms with Crippen LogP contribution >= 0.6 is 11.3 Å². The lowest BCUT2D eigenvalue weighted by atomic mass is 10.0. The van der Waals surface area contributed by atoms with Crippen LogP contribution in [0.2, 0.25) is 0 Å². The van der Waals surface area contributed by atoms with Crippen molar-refractivity contribution in [3.63, 3.8) is 0 Å². The summed E-state index contributed by atoms with van der Waals surface area (Å²) in [4.78, 5) is 11.8. The number of sulfonamides is 1. The van der Waals surface area contributed by atoms with Gasteiger partial charge in [-0.15, -0.1) is 11.3 Å². The van der Waals surface area contributed by atoms with Gasteiger partial charge in [0.1, 0.15) is 4.21 Å². The minimum atomic E-state index is -3.58. The summed E-state index contributed by atoms with van der Waals surface area (Å²) in [5.41, 5.74) is 5.65. The van der Waals surface area contributed by atoms with Gasteiger partial charge in [-0.05, 0) is 36.8 Å². The van der Waals surface area contributed by atoms with E-state index in [1.165, 1.54) is 6.07 Å². The van der Waals surface area contributed by atoms with Crippen molar-refractivity contribution in [2.75, 3.05) is 13.1 Å². The Morgan fingerprint density at radius 3 is 2.90 bits per heavy atom. The summed E-state index contributed by atoms with van der Waals surface area (Å²) in [6.45, 7) is 0.305. The van der Waals surface area contributed by atoms with Crippen molar-refractivity contribution >= 4 is 27.3 Å². The van der Waals surface area contributed by atoms with Crippen molar-refractivity contribution in [1.29, 1.82) is 0 Å².